The zero-order valence-electron chi connectivity index (χ0n) is 17.5. The first-order valence-electron chi connectivity index (χ1n) is 9.81. The number of methoxy groups -OCH3 is 2. The summed E-state index contributed by atoms with van der Waals surface area (Å²) >= 11 is 0. The number of fused-ring (bicyclic) bond motifs is 1. The van der Waals surface area contributed by atoms with Crippen LogP contribution in [-0.2, 0) is 7.05 Å². The van der Waals surface area contributed by atoms with Gasteiger partial charge in [0.15, 0.2) is 5.78 Å². The van der Waals surface area contributed by atoms with E-state index in [0.29, 0.717) is 23.5 Å². The first-order valence-corrected chi connectivity index (χ1v) is 9.81. The third-order valence-electron chi connectivity index (χ3n) is 5.11. The van der Waals surface area contributed by atoms with Crippen LogP contribution in [0, 0.1) is 0 Å². The lowest BCUT2D eigenvalue weighted by atomic mass is 10.0. The fourth-order valence-corrected chi connectivity index (χ4v) is 3.63. The summed E-state index contributed by atoms with van der Waals surface area (Å²) < 4.78 is 14.8. The number of imidazole rings is 1. The summed E-state index contributed by atoms with van der Waals surface area (Å²) in [6, 6.07) is 9.81. The average molecular weight is 404 g/mol. The van der Waals surface area contributed by atoms with E-state index >= 15 is 0 Å². The molecule has 0 N–H and O–H groups in total. The molecule has 0 spiro atoms. The van der Waals surface area contributed by atoms with E-state index in [2.05, 4.69) is 10.1 Å². The molecule has 7 heteroatoms. The van der Waals surface area contributed by atoms with Crippen LogP contribution in [0.2, 0.25) is 0 Å². The van der Waals surface area contributed by atoms with Crippen LogP contribution in [-0.4, -0.2) is 39.3 Å². The Morgan fingerprint density at radius 3 is 2.40 bits per heavy atom. The van der Waals surface area contributed by atoms with Crippen LogP contribution in [0.1, 0.15) is 30.1 Å². The molecule has 7 nitrogen and oxygen atoms in total. The zero-order valence-corrected chi connectivity index (χ0v) is 17.5. The quantitative estimate of drug-likeness (QED) is 0.426. The number of Topliss-reactive ketones (excluding diaryl/α,β-unsaturated/α-hetero) is 1. The lowest BCUT2D eigenvalue weighted by molar-refractivity contribution is 0.0975. The van der Waals surface area contributed by atoms with Crippen LogP contribution < -0.4 is 9.47 Å². The minimum Gasteiger partial charge on any atom is -0.496 e. The van der Waals surface area contributed by atoms with E-state index in [1.807, 2.05) is 61.3 Å². The molecule has 154 valence electrons. The molecular formula is C23H24N4O3. The normalized spacial score (nSPS) is 11.1. The van der Waals surface area contributed by atoms with Crippen molar-refractivity contribution in [3.8, 4) is 28.3 Å². The maximum atomic E-state index is 12.6. The molecule has 0 radical (unpaired) electrons. The maximum absolute atomic E-state index is 12.6. The van der Waals surface area contributed by atoms with Gasteiger partial charge in [0.1, 0.15) is 23.4 Å². The van der Waals surface area contributed by atoms with Crippen molar-refractivity contribution in [1.29, 1.82) is 0 Å². The van der Waals surface area contributed by atoms with Crippen molar-refractivity contribution in [3.63, 3.8) is 0 Å². The van der Waals surface area contributed by atoms with E-state index in [9.17, 15) is 4.79 Å². The minimum atomic E-state index is 0.00866. The number of benzene rings is 2. The Hall–Kier alpha value is -3.61. The lowest BCUT2D eigenvalue weighted by Gasteiger charge is -2.15. The van der Waals surface area contributed by atoms with Crippen molar-refractivity contribution in [2.24, 2.45) is 7.05 Å². The SMILES string of the molecule is CCCC(=O)c1c(OC)cc(-n2cnc3cc(-c4cnn(C)c4)ccc32)cc1OC. The number of aromatic nitrogens is 4. The molecule has 0 amide bonds. The van der Waals surface area contributed by atoms with E-state index in [1.54, 1.807) is 25.2 Å². The summed E-state index contributed by atoms with van der Waals surface area (Å²) in [5.74, 6) is 1.00. The van der Waals surface area contributed by atoms with Gasteiger partial charge in [0.25, 0.3) is 0 Å². The van der Waals surface area contributed by atoms with Crippen LogP contribution in [0.3, 0.4) is 0 Å². The average Bonchev–Trinajstić information content (AvgIpc) is 3.38. The Bertz CT molecular complexity index is 1200. The topological polar surface area (TPSA) is 71.2 Å². The molecule has 2 aromatic heterocycles. The standard InChI is InChI=1S/C23H24N4O3/c1-5-6-20(28)23-21(29-3)10-17(11-22(23)30-4)27-14-24-18-9-15(7-8-19(18)27)16-12-25-26(2)13-16/h7-14H,5-6H2,1-4H3. The predicted octanol–water partition coefficient (Wildman–Crippen LogP) is 4.43. The highest BCUT2D eigenvalue weighted by Gasteiger charge is 2.20. The first kappa shape index (κ1) is 19.7. The third kappa shape index (κ3) is 3.43. The molecule has 4 rings (SSSR count). The summed E-state index contributed by atoms with van der Waals surface area (Å²) in [6.07, 6.45) is 6.77. The zero-order chi connectivity index (χ0) is 21.3. The van der Waals surface area contributed by atoms with E-state index in [4.69, 9.17) is 9.47 Å². The number of aryl methyl sites for hydroxylation is 1. The second-order valence-electron chi connectivity index (χ2n) is 7.12. The van der Waals surface area contributed by atoms with Crippen molar-refractivity contribution >= 4 is 16.8 Å². The van der Waals surface area contributed by atoms with Crippen molar-refractivity contribution in [1.82, 2.24) is 19.3 Å². The predicted molar refractivity (Wildman–Crippen MR) is 116 cm³/mol. The van der Waals surface area contributed by atoms with E-state index in [-0.39, 0.29) is 5.78 Å². The highest BCUT2D eigenvalue weighted by atomic mass is 16.5. The number of carbonyl (C=O) groups is 1. The lowest BCUT2D eigenvalue weighted by Crippen LogP contribution is -2.06. The van der Waals surface area contributed by atoms with Gasteiger partial charge in [-0.2, -0.15) is 5.10 Å². The van der Waals surface area contributed by atoms with Crippen LogP contribution in [0.25, 0.3) is 27.8 Å². The number of rotatable bonds is 7. The van der Waals surface area contributed by atoms with Gasteiger partial charge >= 0.3 is 0 Å². The van der Waals surface area contributed by atoms with E-state index in [0.717, 1.165) is 34.3 Å². The van der Waals surface area contributed by atoms with Crippen LogP contribution in [0.5, 0.6) is 11.5 Å². The molecule has 0 saturated heterocycles. The number of hydrogen-bond donors (Lipinski definition) is 0. The van der Waals surface area contributed by atoms with Gasteiger partial charge < -0.3 is 9.47 Å². The molecular weight excluding hydrogens is 380 g/mol. The maximum Gasteiger partial charge on any atom is 0.170 e. The van der Waals surface area contributed by atoms with Crippen LogP contribution in [0.4, 0.5) is 0 Å². The van der Waals surface area contributed by atoms with Crippen LogP contribution >= 0.6 is 0 Å². The fourth-order valence-electron chi connectivity index (χ4n) is 3.63. The summed E-state index contributed by atoms with van der Waals surface area (Å²) in [4.78, 5) is 17.2. The number of nitrogens with zero attached hydrogens (tertiary/aromatic N) is 4. The molecule has 2 aromatic carbocycles. The summed E-state index contributed by atoms with van der Waals surface area (Å²) in [5, 5.41) is 4.24. The Morgan fingerprint density at radius 2 is 1.80 bits per heavy atom. The Morgan fingerprint density at radius 1 is 1.07 bits per heavy atom. The van der Waals surface area contributed by atoms with Crippen molar-refractivity contribution in [2.75, 3.05) is 14.2 Å². The molecule has 0 saturated carbocycles. The minimum absolute atomic E-state index is 0.00866. The van der Waals surface area contributed by atoms with Crippen molar-refractivity contribution < 1.29 is 14.3 Å². The van der Waals surface area contributed by atoms with Gasteiger partial charge in [0, 0.05) is 37.4 Å². The molecule has 0 atom stereocenters. The van der Waals surface area contributed by atoms with Gasteiger partial charge in [-0.05, 0) is 24.1 Å². The number of ketones is 1. The van der Waals surface area contributed by atoms with Crippen molar-refractivity contribution in [3.05, 3.63) is 54.6 Å². The van der Waals surface area contributed by atoms with Gasteiger partial charge in [-0.3, -0.25) is 14.0 Å². The van der Waals surface area contributed by atoms with Gasteiger partial charge in [-0.1, -0.05) is 13.0 Å². The summed E-state index contributed by atoms with van der Waals surface area (Å²) in [5.41, 5.74) is 5.19. The molecule has 0 unspecified atom stereocenters. The third-order valence-corrected chi connectivity index (χ3v) is 5.11. The van der Waals surface area contributed by atoms with Crippen LogP contribution in [0.15, 0.2) is 49.1 Å². The molecule has 0 aliphatic rings. The number of ether oxygens (including phenoxy) is 2. The second-order valence-corrected chi connectivity index (χ2v) is 7.12. The monoisotopic (exact) mass is 404 g/mol. The van der Waals surface area contributed by atoms with Gasteiger partial charge in [0.2, 0.25) is 0 Å². The number of hydrogen-bond acceptors (Lipinski definition) is 5. The Labute approximate surface area is 174 Å². The number of carbonyl (C=O) groups excluding carboxylic acids is 1. The largest absolute Gasteiger partial charge is 0.496 e. The van der Waals surface area contributed by atoms with Gasteiger partial charge in [-0.25, -0.2) is 4.98 Å². The summed E-state index contributed by atoms with van der Waals surface area (Å²) in [7, 11) is 5.02. The molecule has 30 heavy (non-hydrogen) atoms. The Balaban J connectivity index is 1.81. The highest BCUT2D eigenvalue weighted by molar-refractivity contribution is 6.01. The second kappa shape index (κ2) is 8.02. The van der Waals surface area contributed by atoms with Crippen molar-refractivity contribution in [2.45, 2.75) is 19.8 Å². The molecule has 0 fully saturated rings. The summed E-state index contributed by atoms with van der Waals surface area (Å²) in [6.45, 7) is 1.97. The molecule has 0 bridgehead atoms. The molecule has 2 heterocycles. The van der Waals surface area contributed by atoms with Gasteiger partial charge in [-0.15, -0.1) is 0 Å². The van der Waals surface area contributed by atoms with E-state index < -0.39 is 0 Å². The highest BCUT2D eigenvalue weighted by Crippen LogP contribution is 2.35. The Kier molecular flexibility index (Phi) is 5.27. The fraction of sp³-hybridized carbons (Fsp3) is 0.261. The molecule has 4 aromatic rings. The smallest absolute Gasteiger partial charge is 0.170 e. The molecule has 0 aliphatic heterocycles. The first-order chi connectivity index (χ1) is 14.5. The molecule has 0 aliphatic carbocycles. The van der Waals surface area contributed by atoms with E-state index in [1.165, 1.54) is 0 Å². The van der Waals surface area contributed by atoms with Gasteiger partial charge in [0.05, 0.1) is 37.1 Å².